The molecule has 0 amide bonds. The van der Waals surface area contributed by atoms with Crippen molar-refractivity contribution < 1.29 is 9.90 Å². The lowest BCUT2D eigenvalue weighted by Crippen LogP contribution is -2.55. The first-order valence-electron chi connectivity index (χ1n) is 7.22. The lowest BCUT2D eigenvalue weighted by atomic mass is 9.55. The summed E-state index contributed by atoms with van der Waals surface area (Å²) in [6.45, 7) is 0. The van der Waals surface area contributed by atoms with Gasteiger partial charge in [-0.25, -0.2) is 0 Å². The Kier molecular flexibility index (Phi) is 3.89. The molecule has 0 aliphatic heterocycles. The minimum absolute atomic E-state index is 0.329. The first kappa shape index (κ1) is 14.5. The van der Waals surface area contributed by atoms with Crippen LogP contribution in [0, 0.1) is 5.41 Å². The van der Waals surface area contributed by atoms with Gasteiger partial charge >= 0.3 is 5.97 Å². The molecule has 0 bridgehead atoms. The molecule has 0 heterocycles. The Balaban J connectivity index is 1.76. The molecular formula is C16H19BrO2S. The number of carboxylic acid groups (broad SMARTS) is 1. The predicted molar refractivity (Wildman–Crippen MR) is 85.1 cm³/mol. The second-order valence-corrected chi connectivity index (χ2v) is 8.65. The summed E-state index contributed by atoms with van der Waals surface area (Å²) >= 11 is 4.99. The maximum absolute atomic E-state index is 11.8. The van der Waals surface area contributed by atoms with Gasteiger partial charge in [-0.15, -0.1) is 11.8 Å². The topological polar surface area (TPSA) is 37.3 Å². The first-order chi connectivity index (χ1) is 9.54. The van der Waals surface area contributed by atoms with Crippen LogP contribution in [0.3, 0.4) is 0 Å². The Morgan fingerprint density at radius 3 is 2.50 bits per heavy atom. The second-order valence-electron chi connectivity index (χ2n) is 6.27. The average Bonchev–Trinajstić information content (AvgIpc) is 2.37. The van der Waals surface area contributed by atoms with E-state index < -0.39 is 10.7 Å². The van der Waals surface area contributed by atoms with Crippen molar-refractivity contribution in [2.75, 3.05) is 0 Å². The smallest absolute Gasteiger partial charge is 0.320 e. The van der Waals surface area contributed by atoms with Gasteiger partial charge in [0.15, 0.2) is 0 Å². The average molecular weight is 355 g/mol. The highest BCUT2D eigenvalue weighted by Crippen LogP contribution is 2.63. The predicted octanol–water partition coefficient (Wildman–Crippen LogP) is 5.11. The first-order valence-corrected chi connectivity index (χ1v) is 8.83. The van der Waals surface area contributed by atoms with E-state index in [-0.39, 0.29) is 0 Å². The lowest BCUT2D eigenvalue weighted by molar-refractivity contribution is -0.147. The molecule has 3 rings (SSSR count). The number of hydrogen-bond donors (Lipinski definition) is 1. The maximum atomic E-state index is 11.8. The Hall–Kier alpha value is -0.480. The van der Waals surface area contributed by atoms with E-state index in [9.17, 15) is 9.90 Å². The van der Waals surface area contributed by atoms with Gasteiger partial charge in [0.1, 0.15) is 4.75 Å². The largest absolute Gasteiger partial charge is 0.480 e. The monoisotopic (exact) mass is 354 g/mol. The molecular weight excluding hydrogens is 336 g/mol. The molecule has 0 atom stereocenters. The van der Waals surface area contributed by atoms with E-state index in [1.54, 1.807) is 0 Å². The highest BCUT2D eigenvalue weighted by molar-refractivity contribution is 9.10. The van der Waals surface area contributed by atoms with E-state index in [4.69, 9.17) is 0 Å². The molecule has 2 aliphatic carbocycles. The highest BCUT2D eigenvalue weighted by atomic mass is 79.9. The molecule has 108 valence electrons. The van der Waals surface area contributed by atoms with Crippen molar-refractivity contribution in [3.05, 3.63) is 28.7 Å². The van der Waals surface area contributed by atoms with Crippen LogP contribution in [0.5, 0.6) is 0 Å². The summed E-state index contributed by atoms with van der Waals surface area (Å²) in [6, 6.07) is 7.96. The third-order valence-corrected chi connectivity index (χ3v) is 6.57. The maximum Gasteiger partial charge on any atom is 0.320 e. The molecule has 2 aliphatic rings. The Labute approximate surface area is 132 Å². The van der Waals surface area contributed by atoms with Crippen molar-refractivity contribution in [3.63, 3.8) is 0 Å². The molecule has 2 saturated carbocycles. The summed E-state index contributed by atoms with van der Waals surface area (Å²) in [6.07, 6.45) is 8.00. The highest BCUT2D eigenvalue weighted by Gasteiger charge is 2.59. The number of carboxylic acids is 1. The van der Waals surface area contributed by atoms with Crippen LogP contribution in [0.4, 0.5) is 0 Å². The molecule has 1 aromatic rings. The second kappa shape index (κ2) is 5.38. The van der Waals surface area contributed by atoms with E-state index in [2.05, 4.69) is 15.9 Å². The van der Waals surface area contributed by atoms with E-state index in [1.165, 1.54) is 43.9 Å². The molecule has 2 nitrogen and oxygen atoms in total. The van der Waals surface area contributed by atoms with Crippen LogP contribution in [0.15, 0.2) is 33.6 Å². The zero-order valence-electron chi connectivity index (χ0n) is 11.4. The Morgan fingerprint density at radius 2 is 1.90 bits per heavy atom. The minimum Gasteiger partial charge on any atom is -0.480 e. The molecule has 0 radical (unpaired) electrons. The number of aliphatic carboxylic acids is 1. The zero-order chi connectivity index (χ0) is 14.2. The van der Waals surface area contributed by atoms with Crippen LogP contribution in [-0.4, -0.2) is 15.8 Å². The Morgan fingerprint density at radius 1 is 1.20 bits per heavy atom. The van der Waals surface area contributed by atoms with Gasteiger partial charge in [0.05, 0.1) is 0 Å². The molecule has 1 N–H and O–H groups in total. The van der Waals surface area contributed by atoms with Gasteiger partial charge in [-0.2, -0.15) is 0 Å². The molecule has 0 aromatic heterocycles. The van der Waals surface area contributed by atoms with E-state index >= 15 is 0 Å². The molecule has 2 fully saturated rings. The van der Waals surface area contributed by atoms with Gasteiger partial charge in [0.2, 0.25) is 0 Å². The number of halogens is 1. The normalized spacial score (nSPS) is 23.2. The Bertz CT molecular complexity index is 515. The molecule has 0 saturated heterocycles. The van der Waals surface area contributed by atoms with Crippen LogP contribution in [0.25, 0.3) is 0 Å². The summed E-state index contributed by atoms with van der Waals surface area (Å²) < 4.78 is 0.410. The number of thioether (sulfide) groups is 1. The standard InChI is InChI=1S/C16H19BrO2S/c17-12-5-4-6-13(9-12)20-16(14(18)19)10-15(11-16)7-2-1-3-8-15/h4-6,9H,1-3,7-8,10-11H2,(H,18,19). The van der Waals surface area contributed by atoms with Gasteiger partial charge in [0, 0.05) is 9.37 Å². The van der Waals surface area contributed by atoms with Gasteiger partial charge < -0.3 is 5.11 Å². The summed E-state index contributed by atoms with van der Waals surface area (Å²) in [5.41, 5.74) is 0.329. The third kappa shape index (κ3) is 2.64. The number of hydrogen-bond acceptors (Lipinski definition) is 2. The van der Waals surface area contributed by atoms with Crippen molar-refractivity contribution in [2.45, 2.75) is 54.6 Å². The zero-order valence-corrected chi connectivity index (χ0v) is 13.8. The molecule has 20 heavy (non-hydrogen) atoms. The lowest BCUT2D eigenvalue weighted by Gasteiger charge is -2.55. The fourth-order valence-electron chi connectivity index (χ4n) is 3.84. The van der Waals surface area contributed by atoms with Gasteiger partial charge in [0.25, 0.3) is 0 Å². The van der Waals surface area contributed by atoms with E-state index in [0.717, 1.165) is 22.2 Å². The third-order valence-electron chi connectivity index (χ3n) is 4.73. The van der Waals surface area contributed by atoms with Gasteiger partial charge in [-0.3, -0.25) is 4.79 Å². The minimum atomic E-state index is -0.640. The van der Waals surface area contributed by atoms with Crippen LogP contribution >= 0.6 is 27.7 Å². The van der Waals surface area contributed by atoms with Crippen molar-refractivity contribution in [1.29, 1.82) is 0 Å². The summed E-state index contributed by atoms with van der Waals surface area (Å²) in [5, 5.41) is 9.70. The van der Waals surface area contributed by atoms with E-state index in [1.807, 2.05) is 24.3 Å². The number of carbonyl (C=O) groups is 1. The summed E-state index contributed by atoms with van der Waals surface area (Å²) in [4.78, 5) is 12.8. The van der Waals surface area contributed by atoms with Gasteiger partial charge in [-0.1, -0.05) is 41.3 Å². The van der Waals surface area contributed by atoms with Crippen molar-refractivity contribution >= 4 is 33.7 Å². The van der Waals surface area contributed by atoms with Crippen LogP contribution < -0.4 is 0 Å². The van der Waals surface area contributed by atoms with E-state index in [0.29, 0.717) is 5.41 Å². The number of rotatable bonds is 3. The van der Waals surface area contributed by atoms with Crippen LogP contribution in [0.2, 0.25) is 0 Å². The van der Waals surface area contributed by atoms with Crippen LogP contribution in [0.1, 0.15) is 44.9 Å². The SMILES string of the molecule is O=C(O)C1(Sc2cccc(Br)c2)CC2(CCCCC2)C1. The molecule has 4 heteroatoms. The molecule has 1 spiro atoms. The van der Waals surface area contributed by atoms with Crippen molar-refractivity contribution in [2.24, 2.45) is 5.41 Å². The quantitative estimate of drug-likeness (QED) is 0.819. The number of benzene rings is 1. The molecule has 1 aromatic carbocycles. The summed E-state index contributed by atoms with van der Waals surface area (Å²) in [7, 11) is 0. The van der Waals surface area contributed by atoms with Crippen molar-refractivity contribution in [1.82, 2.24) is 0 Å². The fourth-order valence-corrected chi connectivity index (χ4v) is 6.02. The fraction of sp³-hybridized carbons (Fsp3) is 0.562. The summed E-state index contributed by atoms with van der Waals surface area (Å²) in [5.74, 6) is -0.640. The molecule has 0 unspecified atom stereocenters. The van der Waals surface area contributed by atoms with Crippen molar-refractivity contribution in [3.8, 4) is 0 Å². The van der Waals surface area contributed by atoms with Crippen LogP contribution in [-0.2, 0) is 4.79 Å². The van der Waals surface area contributed by atoms with Gasteiger partial charge in [-0.05, 0) is 49.3 Å².